The first kappa shape index (κ1) is 20.7. The molecule has 1 aromatic carbocycles. The van der Waals surface area contributed by atoms with Gasteiger partial charge in [-0.15, -0.1) is 0 Å². The van der Waals surface area contributed by atoms with Gasteiger partial charge in [0.05, 0.1) is 23.1 Å². The molecule has 2 heterocycles. The summed E-state index contributed by atoms with van der Waals surface area (Å²) in [4.78, 5) is 23.0. The number of pyridine rings is 1. The van der Waals surface area contributed by atoms with Crippen LogP contribution in [0, 0.1) is 0 Å². The van der Waals surface area contributed by atoms with E-state index in [9.17, 15) is 13.2 Å². The van der Waals surface area contributed by atoms with E-state index in [1.165, 1.54) is 16.7 Å². The van der Waals surface area contributed by atoms with Crippen LogP contribution < -0.4 is 0 Å². The Morgan fingerprint density at radius 1 is 1.20 bits per heavy atom. The summed E-state index contributed by atoms with van der Waals surface area (Å²) in [5.74, 6) is -0.0964. The third kappa shape index (κ3) is 4.62. The summed E-state index contributed by atoms with van der Waals surface area (Å²) < 4.78 is 28.2. The number of hydrogen-bond donors (Lipinski definition) is 0. The molecule has 156 valence electrons. The molecule has 0 saturated heterocycles. The topological polar surface area (TPSA) is 92.1 Å². The minimum Gasteiger partial charge on any atom is -0.314 e. The molecule has 1 aromatic heterocycles. The molecule has 2 aliphatic rings. The quantitative estimate of drug-likeness (QED) is 0.685. The maximum Gasteiger partial charge on any atom is 0.257 e. The van der Waals surface area contributed by atoms with Gasteiger partial charge in [0.15, 0.2) is 5.50 Å². The third-order valence-corrected chi connectivity index (χ3v) is 8.09. The molecule has 0 N–H and O–H groups in total. The average Bonchev–Trinajstić information content (AvgIpc) is 3.54. The Morgan fingerprint density at radius 3 is 2.57 bits per heavy atom. The highest BCUT2D eigenvalue weighted by molar-refractivity contribution is 8.17. The zero-order chi connectivity index (χ0) is 21.3. The normalized spacial score (nSPS) is 20.3. The van der Waals surface area contributed by atoms with Crippen LogP contribution in [-0.4, -0.2) is 52.8 Å². The Hall–Kier alpha value is -2.52. The Balaban J connectivity index is 1.40. The molecule has 1 saturated carbocycles. The Bertz CT molecular complexity index is 1110. The molecule has 1 amide bonds. The smallest absolute Gasteiger partial charge is 0.257 e. The molecule has 0 spiro atoms. The van der Waals surface area contributed by atoms with Gasteiger partial charge in [0.2, 0.25) is 5.91 Å². The highest BCUT2D eigenvalue weighted by Gasteiger charge is 2.37. The summed E-state index contributed by atoms with van der Waals surface area (Å²) in [6.07, 6.45) is 3.32. The van der Waals surface area contributed by atoms with Crippen LogP contribution in [0.2, 0.25) is 0 Å². The maximum absolute atomic E-state index is 12.7. The summed E-state index contributed by atoms with van der Waals surface area (Å²) in [6, 6.07) is 13.5. The van der Waals surface area contributed by atoms with E-state index in [1.807, 2.05) is 42.5 Å². The molecule has 4 rings (SSSR count). The molecule has 2 aromatic rings. The van der Waals surface area contributed by atoms with E-state index in [0.717, 1.165) is 16.8 Å². The first-order valence-corrected chi connectivity index (χ1v) is 12.0. The summed E-state index contributed by atoms with van der Waals surface area (Å²) in [5.41, 5.74) is 2.81. The van der Waals surface area contributed by atoms with Crippen LogP contribution in [0.5, 0.6) is 0 Å². The van der Waals surface area contributed by atoms with Crippen LogP contribution in [0.1, 0.15) is 25.3 Å². The van der Waals surface area contributed by atoms with E-state index in [2.05, 4.69) is 14.4 Å². The minimum atomic E-state index is -3.47. The number of aromatic nitrogens is 1. The van der Waals surface area contributed by atoms with Gasteiger partial charge in [0.25, 0.3) is 10.0 Å². The van der Waals surface area contributed by atoms with E-state index in [4.69, 9.17) is 0 Å². The fourth-order valence-electron chi connectivity index (χ4n) is 2.99. The number of likely N-dealkylation sites (N-methyl/N-ethyl adjacent to an activating group) is 1. The van der Waals surface area contributed by atoms with Gasteiger partial charge in [-0.05, 0) is 37.5 Å². The molecule has 1 fully saturated rings. The van der Waals surface area contributed by atoms with Crippen LogP contribution >= 0.6 is 11.8 Å². The van der Waals surface area contributed by atoms with Crippen molar-refractivity contribution < 1.29 is 13.2 Å². The van der Waals surface area contributed by atoms with Crippen LogP contribution in [0.15, 0.2) is 58.1 Å². The molecule has 7 nitrogen and oxygen atoms in total. The van der Waals surface area contributed by atoms with Crippen molar-refractivity contribution in [3.8, 4) is 11.3 Å². The number of sulfonamides is 1. The number of nitrogens with zero attached hydrogens (tertiary/aromatic N) is 4. The molecule has 0 radical (unpaired) electrons. The minimum absolute atomic E-state index is 0.0964. The van der Waals surface area contributed by atoms with E-state index in [-0.39, 0.29) is 17.6 Å². The number of benzene rings is 1. The van der Waals surface area contributed by atoms with Gasteiger partial charge in [0.1, 0.15) is 5.04 Å². The lowest BCUT2D eigenvalue weighted by Crippen LogP contribution is -2.34. The predicted molar refractivity (Wildman–Crippen MR) is 120 cm³/mol. The first-order chi connectivity index (χ1) is 14.3. The van der Waals surface area contributed by atoms with E-state index < -0.39 is 15.5 Å². The molecular formula is C21H22N4O3S2. The van der Waals surface area contributed by atoms with Gasteiger partial charge in [-0.25, -0.2) is 8.42 Å². The second-order valence-corrected chi connectivity index (χ2v) is 10.3. The van der Waals surface area contributed by atoms with Gasteiger partial charge in [-0.2, -0.15) is 4.40 Å². The van der Waals surface area contributed by atoms with Gasteiger partial charge in [-0.3, -0.25) is 14.8 Å². The molecule has 1 unspecified atom stereocenters. The number of carbonyl (C=O) groups excluding carboxylic acids is 1. The van der Waals surface area contributed by atoms with Gasteiger partial charge in [0, 0.05) is 18.8 Å². The standard InChI is InChI=1S/C21H22N4O3S2/c1-14-20(24-30(27,28)17-10-11-17)29-21(23-14)25(2)19(26)13-15-6-8-16(9-7-15)18-5-3-4-12-22-18/h3-9,12,17,21H,10-11,13H2,1-2H3. The van der Waals surface area contributed by atoms with Crippen molar-refractivity contribution in [3.63, 3.8) is 0 Å². The third-order valence-electron chi connectivity index (χ3n) is 4.98. The van der Waals surface area contributed by atoms with Crippen LogP contribution in [0.3, 0.4) is 0 Å². The number of rotatable bonds is 6. The second kappa shape index (κ2) is 8.31. The van der Waals surface area contributed by atoms with Crippen molar-refractivity contribution in [3.05, 3.63) is 54.2 Å². The molecule has 1 aliphatic carbocycles. The zero-order valence-electron chi connectivity index (χ0n) is 16.7. The molecule has 1 atom stereocenters. The summed E-state index contributed by atoms with van der Waals surface area (Å²) >= 11 is 1.20. The van der Waals surface area contributed by atoms with Crippen molar-refractivity contribution in [2.45, 2.75) is 36.9 Å². The van der Waals surface area contributed by atoms with E-state index >= 15 is 0 Å². The number of carbonyl (C=O) groups is 1. The second-order valence-electron chi connectivity index (χ2n) is 7.36. The maximum atomic E-state index is 12.7. The molecule has 0 bridgehead atoms. The van der Waals surface area contributed by atoms with Gasteiger partial charge >= 0.3 is 0 Å². The molecule has 1 aliphatic heterocycles. The lowest BCUT2D eigenvalue weighted by atomic mass is 10.1. The number of hydrogen-bond acceptors (Lipinski definition) is 6. The van der Waals surface area contributed by atoms with Gasteiger partial charge in [-0.1, -0.05) is 42.1 Å². The van der Waals surface area contributed by atoms with Crippen molar-refractivity contribution in [2.75, 3.05) is 7.05 Å². The summed E-state index contributed by atoms with van der Waals surface area (Å²) in [7, 11) is -1.79. The largest absolute Gasteiger partial charge is 0.314 e. The predicted octanol–water partition coefficient (Wildman–Crippen LogP) is 3.13. The van der Waals surface area contributed by atoms with Crippen LogP contribution in [-0.2, 0) is 21.2 Å². The lowest BCUT2D eigenvalue weighted by Gasteiger charge is -2.21. The lowest BCUT2D eigenvalue weighted by molar-refractivity contribution is -0.129. The Kier molecular flexibility index (Phi) is 5.75. The first-order valence-electron chi connectivity index (χ1n) is 9.65. The highest BCUT2D eigenvalue weighted by atomic mass is 32.2. The SMILES string of the molecule is CC1=NC(N(C)C(=O)Cc2ccc(-c3ccccn3)cc2)SC1=NS(=O)(=O)C1CC1. The van der Waals surface area contributed by atoms with E-state index in [0.29, 0.717) is 23.6 Å². The molecular weight excluding hydrogens is 420 g/mol. The van der Waals surface area contributed by atoms with Crippen molar-refractivity contribution in [1.29, 1.82) is 0 Å². The fourth-order valence-corrected chi connectivity index (χ4v) is 5.63. The fraction of sp³-hybridized carbons (Fsp3) is 0.333. The molecule has 30 heavy (non-hydrogen) atoms. The highest BCUT2D eigenvalue weighted by Crippen LogP contribution is 2.33. The van der Waals surface area contributed by atoms with E-state index in [1.54, 1.807) is 20.2 Å². The van der Waals surface area contributed by atoms with Crippen molar-refractivity contribution in [1.82, 2.24) is 9.88 Å². The Labute approximate surface area is 180 Å². The van der Waals surface area contributed by atoms with Crippen LogP contribution in [0.25, 0.3) is 11.3 Å². The van der Waals surface area contributed by atoms with Crippen LogP contribution in [0.4, 0.5) is 0 Å². The Morgan fingerprint density at radius 2 is 1.93 bits per heavy atom. The number of aliphatic imine (C=N–C) groups is 1. The number of thioether (sulfide) groups is 1. The van der Waals surface area contributed by atoms with Gasteiger partial charge < -0.3 is 4.90 Å². The van der Waals surface area contributed by atoms with Crippen molar-refractivity contribution >= 4 is 38.4 Å². The summed E-state index contributed by atoms with van der Waals surface area (Å²) in [5, 5.41) is 0.0251. The monoisotopic (exact) mass is 442 g/mol. The van der Waals surface area contributed by atoms with Crippen molar-refractivity contribution in [2.24, 2.45) is 9.39 Å². The number of amides is 1. The average molecular weight is 443 g/mol. The summed E-state index contributed by atoms with van der Waals surface area (Å²) in [6.45, 7) is 1.73. The molecule has 9 heteroatoms. The zero-order valence-corrected chi connectivity index (χ0v) is 18.4.